The summed E-state index contributed by atoms with van der Waals surface area (Å²) >= 11 is 0. The molecule has 110 heavy (non-hydrogen) atoms. The number of hydrogen-bond acceptors (Lipinski definition) is 30. The van der Waals surface area contributed by atoms with Crippen LogP contribution in [0.1, 0.15) is 116 Å². The minimum atomic E-state index is -2.15. The van der Waals surface area contributed by atoms with Crippen molar-refractivity contribution in [3.05, 3.63) is 11.4 Å². The van der Waals surface area contributed by atoms with Gasteiger partial charge in [0.05, 0.1) is 326 Å². The Kier molecular flexibility index (Phi) is 82.3. The number of aliphatic hydroxyl groups excluding tert-OH is 2. The largest absolute Gasteiger partial charge is 0.396 e. The Morgan fingerprint density at radius 3 is 1.00 bits per heavy atom. The Labute approximate surface area is 663 Å². The van der Waals surface area contributed by atoms with E-state index in [0.717, 1.165) is 19.0 Å². The van der Waals surface area contributed by atoms with Crippen molar-refractivity contribution in [2.75, 3.05) is 309 Å². The molecule has 0 aromatic carbocycles. The van der Waals surface area contributed by atoms with E-state index in [9.17, 15) is 4.57 Å². The summed E-state index contributed by atoms with van der Waals surface area (Å²) in [5.74, 6) is 0. The van der Waals surface area contributed by atoms with Gasteiger partial charge in [0.25, 0.3) is 0 Å². The Balaban J connectivity index is 0. The first-order valence-electron chi connectivity index (χ1n) is 40.1. The van der Waals surface area contributed by atoms with Crippen molar-refractivity contribution in [1.82, 2.24) is 0 Å². The Bertz CT molecular complexity index is 1930. The van der Waals surface area contributed by atoms with Crippen molar-refractivity contribution < 1.29 is 138 Å². The fraction of sp³-hybridized carbons (Fsp3) is 0.974. The van der Waals surface area contributed by atoms with Crippen LogP contribution in [0, 0.1) is 23.3 Å². The molecule has 0 aliphatic carbocycles. The van der Waals surface area contributed by atoms with E-state index < -0.39 is 12.6 Å². The molecular weight excluding hydrogens is 1460 g/mol. The number of ether oxygens (including phenoxy) is 26. The molecule has 2 N–H and O–H groups in total. The monoisotopic (exact) mass is 1620 g/mol. The van der Waals surface area contributed by atoms with Gasteiger partial charge in [-0.3, -0.25) is 0 Å². The summed E-state index contributed by atoms with van der Waals surface area (Å²) in [5.41, 5.74) is -0.420. The molecule has 0 amide bonds. The lowest BCUT2D eigenvalue weighted by molar-refractivity contribution is -0.164. The molecule has 4 aliphatic heterocycles. The van der Waals surface area contributed by atoms with Crippen LogP contribution < -0.4 is 0 Å². The van der Waals surface area contributed by atoms with Crippen molar-refractivity contribution in [2.24, 2.45) is 5.41 Å². The van der Waals surface area contributed by atoms with E-state index >= 15 is 0 Å². The van der Waals surface area contributed by atoms with E-state index in [1.165, 1.54) is 0 Å². The van der Waals surface area contributed by atoms with Gasteiger partial charge in [-0.05, 0) is 95.9 Å². The first kappa shape index (κ1) is 110. The molecule has 0 aromatic rings. The SMILES string of the molecule is CC(C)OCC1COC(CO)CO1.CC(C)OCC1COCCOCCOCCO1.CC(C)OCC1COCCOCCOCCOCCO1.CC(C)OCC1COCCOCCOCCOCCOCCO1.CCCP(=O)(CCO)CCOC(C)C.[C-]#[N+]CCOCC(COCCC)(COCCC#N)COC(C)C. The first-order chi connectivity index (χ1) is 53.2. The lowest BCUT2D eigenvalue weighted by Crippen LogP contribution is -2.42. The molecule has 4 aliphatic rings. The van der Waals surface area contributed by atoms with Gasteiger partial charge >= 0.3 is 0 Å². The van der Waals surface area contributed by atoms with E-state index in [2.05, 4.69) is 17.8 Å². The van der Waals surface area contributed by atoms with Crippen LogP contribution in [0.2, 0.25) is 0 Å². The average Bonchev–Trinajstić information content (AvgIpc) is 0.859. The van der Waals surface area contributed by atoms with Crippen LogP contribution in [0.5, 0.6) is 0 Å². The summed E-state index contributed by atoms with van der Waals surface area (Å²) in [6, 6.07) is 2.06. The van der Waals surface area contributed by atoms with Crippen molar-refractivity contribution in [2.45, 2.75) is 183 Å². The summed E-state index contributed by atoms with van der Waals surface area (Å²) in [7, 11) is -2.15. The van der Waals surface area contributed by atoms with Crippen LogP contribution >= 0.6 is 7.14 Å². The van der Waals surface area contributed by atoms with Crippen molar-refractivity contribution >= 4 is 7.14 Å². The van der Waals surface area contributed by atoms with Crippen LogP contribution in [0.4, 0.5) is 0 Å². The zero-order valence-electron chi connectivity index (χ0n) is 70.5. The molecule has 656 valence electrons. The standard InChI is InChI=1S/C17H30N2O4.C16H32O7.C14H28O6.C12H24O5.C10H23O3P.C9H18O4/c1-5-9-20-12-17(15-23-16(2)3,13-21-10-6-7-18)14-22-11-8-19-4;1-15(2)23-14-16-13-21-10-9-19-6-5-17-3-4-18-7-8-20-11-12-22-16;1-13(2)20-12-14-11-18-8-7-16-4-3-15-5-6-17-9-10-19-14;1-11(2)17-10-12-9-15-6-5-13-3-4-14-7-8-16-12;1-4-7-14(12,8-5-11)9-6-13-10(2)3;1-7(2)11-5-9-6-12-8(3-10)4-13-9/h16H,5-6,8-15H2,1-3H3;15-16H,3-14H2,1-2H3;13-14H,3-12H2,1-2H3;11-12H,3-10H2,1-2H3;10-11H,4-9H2,1-3H3;7-10H,3-6H2,1-2H3. The fourth-order valence-corrected chi connectivity index (χ4v) is 11.4. The molecule has 4 heterocycles. The molecule has 0 aromatic heterocycles. The predicted octanol–water partition coefficient (Wildman–Crippen LogP) is 7.68. The van der Waals surface area contributed by atoms with Gasteiger partial charge in [0, 0.05) is 31.7 Å². The minimum Gasteiger partial charge on any atom is -0.396 e. The molecule has 0 bridgehead atoms. The van der Waals surface area contributed by atoms with Crippen LogP contribution in [0.3, 0.4) is 0 Å². The highest BCUT2D eigenvalue weighted by molar-refractivity contribution is 7.63. The van der Waals surface area contributed by atoms with Crippen molar-refractivity contribution in [3.8, 4) is 6.07 Å². The predicted molar refractivity (Wildman–Crippen MR) is 419 cm³/mol. The number of rotatable bonds is 36. The minimum absolute atomic E-state index is 0.0187. The second-order valence-corrected chi connectivity index (χ2v) is 31.0. The Hall–Kier alpha value is -1.91. The van der Waals surface area contributed by atoms with Gasteiger partial charge in [0.2, 0.25) is 6.54 Å². The lowest BCUT2D eigenvalue weighted by atomic mass is 9.92. The maximum atomic E-state index is 12.2. The topological polar surface area (TPSA) is 326 Å². The van der Waals surface area contributed by atoms with Crippen LogP contribution in [-0.4, -0.2) is 386 Å². The molecule has 0 saturated carbocycles. The smallest absolute Gasteiger partial charge is 0.237 e. The van der Waals surface area contributed by atoms with E-state index in [-0.39, 0.29) is 80.4 Å². The average molecular weight is 1620 g/mol. The highest BCUT2D eigenvalue weighted by Crippen LogP contribution is 2.45. The van der Waals surface area contributed by atoms with E-state index in [1.54, 1.807) is 0 Å². The molecule has 0 spiro atoms. The maximum Gasteiger partial charge on any atom is 0.237 e. The Morgan fingerprint density at radius 1 is 0.382 bits per heavy atom. The van der Waals surface area contributed by atoms with Crippen molar-refractivity contribution in [3.63, 3.8) is 0 Å². The molecule has 4 fully saturated rings. The van der Waals surface area contributed by atoms with E-state index in [4.69, 9.17) is 145 Å². The summed E-state index contributed by atoms with van der Waals surface area (Å²) < 4.78 is 155. The van der Waals surface area contributed by atoms with Gasteiger partial charge in [-0.25, -0.2) is 6.57 Å². The van der Waals surface area contributed by atoms with E-state index in [1.807, 2.05) is 90.0 Å². The van der Waals surface area contributed by atoms with Gasteiger partial charge < -0.3 is 143 Å². The summed E-state index contributed by atoms with van der Waals surface area (Å²) in [6.07, 6.45) is 4.75. The Morgan fingerprint density at radius 2 is 0.700 bits per heavy atom. The molecule has 7 atom stereocenters. The first-order valence-corrected chi connectivity index (χ1v) is 42.4. The fourth-order valence-electron chi connectivity index (χ4n) is 9.07. The second-order valence-electron chi connectivity index (χ2n) is 27.5. The highest BCUT2D eigenvalue weighted by Gasteiger charge is 2.33. The summed E-state index contributed by atoms with van der Waals surface area (Å²) in [6.45, 7) is 57.1. The van der Waals surface area contributed by atoms with Gasteiger partial charge in [0.1, 0.15) is 37.1 Å². The summed E-state index contributed by atoms with van der Waals surface area (Å²) in [4.78, 5) is 3.29. The number of nitrogens with zero attached hydrogens (tertiary/aromatic N) is 2. The number of hydrogen-bond donors (Lipinski definition) is 2. The quantitative estimate of drug-likeness (QED) is 0.0345. The normalized spacial score (nSPS) is 22.0. The van der Waals surface area contributed by atoms with Crippen LogP contribution in [-0.2, 0) is 128 Å². The van der Waals surface area contributed by atoms with Crippen LogP contribution in [0.15, 0.2) is 0 Å². The third-order valence-corrected chi connectivity index (χ3v) is 18.1. The van der Waals surface area contributed by atoms with Gasteiger partial charge in [-0.1, -0.05) is 13.8 Å². The lowest BCUT2D eigenvalue weighted by Gasteiger charge is -2.33. The van der Waals surface area contributed by atoms with Gasteiger partial charge in [0.15, 0.2) is 0 Å². The molecule has 4 saturated heterocycles. The zero-order valence-corrected chi connectivity index (χ0v) is 71.4. The molecule has 32 heteroatoms. The number of nitriles is 1. The number of aliphatic hydroxyl groups is 2. The third-order valence-electron chi connectivity index (χ3n) is 14.8. The second kappa shape index (κ2) is 82.2. The van der Waals surface area contributed by atoms with Crippen LogP contribution in [0.25, 0.3) is 4.85 Å². The molecule has 0 radical (unpaired) electrons. The zero-order chi connectivity index (χ0) is 81.5. The maximum absolute atomic E-state index is 12.2. The van der Waals surface area contributed by atoms with Gasteiger partial charge in [-0.15, -0.1) is 0 Å². The molecule has 7 unspecified atom stereocenters. The van der Waals surface area contributed by atoms with Gasteiger partial charge in [-0.2, -0.15) is 5.26 Å². The molecule has 31 nitrogen and oxygen atoms in total. The van der Waals surface area contributed by atoms with Crippen molar-refractivity contribution in [1.29, 1.82) is 5.26 Å². The summed E-state index contributed by atoms with van der Waals surface area (Å²) in [5, 5.41) is 26.2. The highest BCUT2D eigenvalue weighted by atomic mass is 31.2. The molecular formula is C78H155N2O29P. The van der Waals surface area contributed by atoms with E-state index in [0.29, 0.717) is 296 Å². The third kappa shape index (κ3) is 78.6. The molecule has 4 rings (SSSR count).